The lowest BCUT2D eigenvalue weighted by molar-refractivity contribution is 0.274. The van der Waals surface area contributed by atoms with E-state index in [2.05, 4.69) is 59.7 Å². The number of anilines is 2. The Morgan fingerprint density at radius 3 is 2.72 bits per heavy atom. The summed E-state index contributed by atoms with van der Waals surface area (Å²) in [5, 5.41) is 1.13. The molecule has 0 radical (unpaired) electrons. The first-order valence-electron chi connectivity index (χ1n) is 8.59. The first kappa shape index (κ1) is 17.1. The van der Waals surface area contributed by atoms with E-state index in [4.69, 9.17) is 16.2 Å². The number of fused-ring (bicyclic) bond motifs is 1. The van der Waals surface area contributed by atoms with Crippen molar-refractivity contribution in [1.82, 2.24) is 14.5 Å². The predicted octanol–water partition coefficient (Wildman–Crippen LogP) is 3.24. The molecule has 2 aromatic heterocycles. The van der Waals surface area contributed by atoms with Gasteiger partial charge in [-0.15, -0.1) is 0 Å². The molecule has 4 N–H and O–H groups in total. The fourth-order valence-electron chi connectivity index (χ4n) is 2.86. The highest BCUT2D eigenvalue weighted by atomic mass is 16.5. The van der Waals surface area contributed by atoms with Crippen LogP contribution in [-0.2, 0) is 13.0 Å². The molecule has 132 valence electrons. The van der Waals surface area contributed by atoms with Crippen LogP contribution < -0.4 is 16.2 Å². The molecule has 0 fully saturated rings. The zero-order valence-corrected chi connectivity index (χ0v) is 15.0. The highest BCUT2D eigenvalue weighted by Gasteiger charge is 2.12. The molecule has 6 heteroatoms. The van der Waals surface area contributed by atoms with Gasteiger partial charge in [-0.2, -0.15) is 4.98 Å². The van der Waals surface area contributed by atoms with E-state index < -0.39 is 0 Å². The Morgan fingerprint density at radius 1 is 1.24 bits per heavy atom. The molecular formula is C19H25N5O. The van der Waals surface area contributed by atoms with Crippen LogP contribution in [0.25, 0.3) is 10.9 Å². The predicted molar refractivity (Wildman–Crippen MR) is 102 cm³/mol. The summed E-state index contributed by atoms with van der Waals surface area (Å²) in [6.45, 7) is 8.01. The van der Waals surface area contributed by atoms with Crippen molar-refractivity contribution in [3.05, 3.63) is 41.7 Å². The highest BCUT2D eigenvalue weighted by molar-refractivity contribution is 5.87. The van der Waals surface area contributed by atoms with Gasteiger partial charge in [0.25, 0.3) is 0 Å². The van der Waals surface area contributed by atoms with Gasteiger partial charge in [-0.3, -0.25) is 0 Å². The summed E-state index contributed by atoms with van der Waals surface area (Å²) in [6.07, 6.45) is 4.42. The van der Waals surface area contributed by atoms with Crippen molar-refractivity contribution in [3.63, 3.8) is 0 Å². The first-order chi connectivity index (χ1) is 12.0. The molecule has 0 spiro atoms. The molecule has 0 atom stereocenters. The van der Waals surface area contributed by atoms with Gasteiger partial charge in [0.05, 0.1) is 12.1 Å². The Morgan fingerprint density at radius 2 is 2.04 bits per heavy atom. The number of ether oxygens (including phenoxy) is 1. The van der Waals surface area contributed by atoms with Crippen molar-refractivity contribution >= 4 is 22.7 Å². The van der Waals surface area contributed by atoms with Crippen LogP contribution in [0.3, 0.4) is 0 Å². The molecule has 2 heterocycles. The summed E-state index contributed by atoms with van der Waals surface area (Å²) in [5.74, 6) is 1.98. The van der Waals surface area contributed by atoms with E-state index in [-0.39, 0.29) is 5.95 Å². The summed E-state index contributed by atoms with van der Waals surface area (Å²) in [5.41, 5.74) is 14.7. The van der Waals surface area contributed by atoms with E-state index >= 15 is 0 Å². The monoisotopic (exact) mass is 339 g/mol. The average molecular weight is 339 g/mol. The number of nitrogen functional groups attached to an aromatic ring is 2. The van der Waals surface area contributed by atoms with Gasteiger partial charge in [0, 0.05) is 36.3 Å². The second kappa shape index (κ2) is 7.01. The molecule has 0 aliphatic rings. The molecule has 3 rings (SSSR count). The van der Waals surface area contributed by atoms with E-state index in [1.54, 1.807) is 6.20 Å². The van der Waals surface area contributed by atoms with Gasteiger partial charge >= 0.3 is 0 Å². The average Bonchev–Trinajstić information content (AvgIpc) is 2.98. The first-order valence-corrected chi connectivity index (χ1v) is 8.59. The van der Waals surface area contributed by atoms with Crippen molar-refractivity contribution in [1.29, 1.82) is 0 Å². The zero-order valence-electron chi connectivity index (χ0n) is 15.0. The zero-order chi connectivity index (χ0) is 18.0. The summed E-state index contributed by atoms with van der Waals surface area (Å²) >= 11 is 0. The Balaban J connectivity index is 2.01. The number of nitrogens with zero attached hydrogens (tertiary/aromatic N) is 3. The Hall–Kier alpha value is -2.76. The number of aryl methyl sites for hydroxylation is 1. The van der Waals surface area contributed by atoms with Crippen LogP contribution in [0.2, 0.25) is 0 Å². The SMILES string of the molecule is CCn1ccc2c(OCC(C)C)cc(Cc3cnc(N)nc3N)cc21. The number of benzene rings is 1. The van der Waals surface area contributed by atoms with Gasteiger partial charge in [-0.05, 0) is 36.6 Å². The molecule has 1 aromatic carbocycles. The molecule has 6 nitrogen and oxygen atoms in total. The summed E-state index contributed by atoms with van der Waals surface area (Å²) in [6, 6.07) is 6.37. The maximum absolute atomic E-state index is 6.07. The van der Waals surface area contributed by atoms with Crippen LogP contribution in [0.1, 0.15) is 31.9 Å². The van der Waals surface area contributed by atoms with Gasteiger partial charge in [0.15, 0.2) is 0 Å². The van der Waals surface area contributed by atoms with Crippen LogP contribution in [0.15, 0.2) is 30.6 Å². The lowest BCUT2D eigenvalue weighted by Crippen LogP contribution is -2.06. The molecule has 0 aliphatic heterocycles. The van der Waals surface area contributed by atoms with Crippen molar-refractivity contribution in [3.8, 4) is 5.75 Å². The minimum absolute atomic E-state index is 0.192. The van der Waals surface area contributed by atoms with Crippen LogP contribution >= 0.6 is 0 Å². The fraction of sp³-hybridized carbons (Fsp3) is 0.368. The number of aromatic nitrogens is 3. The number of rotatable bonds is 6. The van der Waals surface area contributed by atoms with Crippen LogP contribution in [0, 0.1) is 5.92 Å². The maximum Gasteiger partial charge on any atom is 0.221 e. The Bertz CT molecular complexity index is 885. The smallest absolute Gasteiger partial charge is 0.221 e. The minimum atomic E-state index is 0.192. The van der Waals surface area contributed by atoms with E-state index in [9.17, 15) is 0 Å². The Labute approximate surface area is 147 Å². The standard InChI is InChI=1S/C19H25N5O/c1-4-24-6-5-15-16(24)8-13(9-17(15)25-11-12(2)3)7-14-10-22-19(21)23-18(14)20/h5-6,8-10,12H,4,7,11H2,1-3H3,(H4,20,21,22,23). The summed E-state index contributed by atoms with van der Waals surface area (Å²) in [7, 11) is 0. The molecular weight excluding hydrogens is 314 g/mol. The highest BCUT2D eigenvalue weighted by Crippen LogP contribution is 2.30. The molecule has 0 saturated heterocycles. The van der Waals surface area contributed by atoms with E-state index in [1.807, 2.05) is 0 Å². The third kappa shape index (κ3) is 3.68. The van der Waals surface area contributed by atoms with Gasteiger partial charge in [0.2, 0.25) is 5.95 Å². The number of hydrogen-bond donors (Lipinski definition) is 2. The second-order valence-electron chi connectivity index (χ2n) is 6.65. The third-order valence-corrected chi connectivity index (χ3v) is 4.13. The van der Waals surface area contributed by atoms with E-state index in [1.165, 1.54) is 0 Å². The quantitative estimate of drug-likeness (QED) is 0.719. The van der Waals surface area contributed by atoms with Crippen LogP contribution in [0.4, 0.5) is 11.8 Å². The molecule has 0 bridgehead atoms. The van der Waals surface area contributed by atoms with Gasteiger partial charge in [-0.25, -0.2) is 4.98 Å². The molecule has 0 amide bonds. The topological polar surface area (TPSA) is 92.0 Å². The number of hydrogen-bond acceptors (Lipinski definition) is 5. The second-order valence-corrected chi connectivity index (χ2v) is 6.65. The minimum Gasteiger partial charge on any atom is -0.493 e. The van der Waals surface area contributed by atoms with Gasteiger partial charge in [0.1, 0.15) is 11.6 Å². The largest absolute Gasteiger partial charge is 0.493 e. The molecule has 25 heavy (non-hydrogen) atoms. The lowest BCUT2D eigenvalue weighted by Gasteiger charge is -2.13. The number of nitrogens with two attached hydrogens (primary N) is 2. The van der Waals surface area contributed by atoms with Crippen molar-refractivity contribution in [2.75, 3.05) is 18.1 Å². The third-order valence-electron chi connectivity index (χ3n) is 4.13. The van der Waals surface area contributed by atoms with Gasteiger partial charge < -0.3 is 20.8 Å². The summed E-state index contributed by atoms with van der Waals surface area (Å²) in [4.78, 5) is 8.10. The molecule has 0 aliphatic carbocycles. The van der Waals surface area contributed by atoms with E-state index in [0.29, 0.717) is 24.8 Å². The van der Waals surface area contributed by atoms with Gasteiger partial charge in [-0.1, -0.05) is 13.8 Å². The molecule has 0 unspecified atom stereocenters. The van der Waals surface area contributed by atoms with Crippen molar-refractivity contribution < 1.29 is 4.74 Å². The van der Waals surface area contributed by atoms with Crippen LogP contribution in [-0.4, -0.2) is 21.1 Å². The van der Waals surface area contributed by atoms with Crippen molar-refractivity contribution in [2.45, 2.75) is 33.7 Å². The molecule has 0 saturated carbocycles. The Kier molecular flexibility index (Phi) is 4.79. The summed E-state index contributed by atoms with van der Waals surface area (Å²) < 4.78 is 8.28. The van der Waals surface area contributed by atoms with Crippen molar-refractivity contribution in [2.24, 2.45) is 5.92 Å². The molecule has 3 aromatic rings. The normalized spacial score (nSPS) is 11.4. The van der Waals surface area contributed by atoms with Crippen LogP contribution in [0.5, 0.6) is 5.75 Å². The fourth-order valence-corrected chi connectivity index (χ4v) is 2.86. The lowest BCUT2D eigenvalue weighted by atomic mass is 10.0. The maximum atomic E-state index is 6.07. The van der Waals surface area contributed by atoms with E-state index in [0.717, 1.165) is 34.3 Å².